The van der Waals surface area contributed by atoms with Crippen LogP contribution in [0.3, 0.4) is 0 Å². The smallest absolute Gasteiger partial charge is 0.427 e. The predicted molar refractivity (Wildman–Crippen MR) is 26.9 cm³/mol. The van der Waals surface area contributed by atoms with Crippen molar-refractivity contribution in [2.75, 3.05) is 0 Å². The van der Waals surface area contributed by atoms with E-state index < -0.39 is 11.5 Å². The molecule has 34 valence electrons. The SMILES string of the molecule is NB(Br)C(=O)O. The maximum Gasteiger partial charge on any atom is 0.427 e. The molecule has 0 aromatic rings. The Morgan fingerprint density at radius 1 is 2.00 bits per heavy atom. The Morgan fingerprint density at radius 3 is 2.17 bits per heavy atom. The molecule has 0 unspecified atom stereocenters. The van der Waals surface area contributed by atoms with E-state index in [1.165, 1.54) is 0 Å². The lowest BCUT2D eigenvalue weighted by Gasteiger charge is -1.82. The molecule has 0 aliphatic heterocycles. The highest BCUT2D eigenvalue weighted by molar-refractivity contribution is 9.25. The van der Waals surface area contributed by atoms with Gasteiger partial charge in [0.2, 0.25) is 0 Å². The van der Waals surface area contributed by atoms with E-state index in [0.29, 0.717) is 0 Å². The van der Waals surface area contributed by atoms with Gasteiger partial charge in [0.05, 0.1) is 0 Å². The standard InChI is InChI=1S/CH3BBrNO2/c3-2(4)1(5)6/h4H2,(H,5,6). The second kappa shape index (κ2) is 2.20. The number of nitrogens with two attached hydrogens (primary N) is 1. The summed E-state index contributed by atoms with van der Waals surface area (Å²) >= 11 is 2.62. The van der Waals surface area contributed by atoms with Crippen molar-refractivity contribution in [1.82, 2.24) is 0 Å². The fourth-order valence-electron chi connectivity index (χ4n) is 0. The highest BCUT2D eigenvalue weighted by Crippen LogP contribution is 1.82. The second-order valence-electron chi connectivity index (χ2n) is 0.740. The van der Waals surface area contributed by atoms with Crippen molar-refractivity contribution in [1.29, 1.82) is 0 Å². The van der Waals surface area contributed by atoms with E-state index >= 15 is 0 Å². The average Bonchev–Trinajstić information content (AvgIpc) is 1.36. The highest BCUT2D eigenvalue weighted by atomic mass is 79.9. The lowest BCUT2D eigenvalue weighted by Crippen LogP contribution is -2.27. The largest absolute Gasteiger partial charge is 0.487 e. The topological polar surface area (TPSA) is 63.3 Å². The van der Waals surface area contributed by atoms with Crippen LogP contribution in [0.15, 0.2) is 0 Å². The number of carboxylic acid groups (broad SMARTS) is 1. The average molecular weight is 152 g/mol. The van der Waals surface area contributed by atoms with Crippen LogP contribution in [0.25, 0.3) is 0 Å². The van der Waals surface area contributed by atoms with Crippen molar-refractivity contribution in [2.45, 2.75) is 0 Å². The zero-order chi connectivity index (χ0) is 5.15. The molecule has 0 bridgehead atoms. The predicted octanol–water partition coefficient (Wildman–Crippen LogP) is 0.0879. The molecule has 0 aliphatic carbocycles. The van der Waals surface area contributed by atoms with Crippen LogP contribution in [0.4, 0.5) is 4.79 Å². The second-order valence-corrected chi connectivity index (χ2v) is 1.73. The van der Waals surface area contributed by atoms with Crippen molar-refractivity contribution >= 4 is 27.3 Å². The molecule has 5 heteroatoms. The molecule has 0 rings (SSSR count). The zero-order valence-electron chi connectivity index (χ0n) is 2.89. The minimum absolute atomic E-state index is 0.919. The molecule has 3 N–H and O–H groups in total. The van der Waals surface area contributed by atoms with Crippen LogP contribution in [0.2, 0.25) is 0 Å². The van der Waals surface area contributed by atoms with E-state index in [9.17, 15) is 4.79 Å². The van der Waals surface area contributed by atoms with Crippen molar-refractivity contribution in [2.24, 2.45) is 5.64 Å². The third-order valence-electron chi connectivity index (χ3n) is 0.236. The van der Waals surface area contributed by atoms with Crippen LogP contribution in [0, 0.1) is 0 Å². The van der Waals surface area contributed by atoms with Gasteiger partial charge in [0.25, 0.3) is 5.87 Å². The Morgan fingerprint density at radius 2 is 2.17 bits per heavy atom. The van der Waals surface area contributed by atoms with Crippen LogP contribution in [0.5, 0.6) is 0 Å². The van der Waals surface area contributed by atoms with Crippen LogP contribution >= 0.6 is 15.8 Å². The third-order valence-corrected chi connectivity index (χ3v) is 0.628. The normalized spacial score (nSPS) is 7.67. The summed E-state index contributed by atoms with van der Waals surface area (Å²) in [6.45, 7) is 0. The molecule has 0 saturated carbocycles. The van der Waals surface area contributed by atoms with Crippen molar-refractivity contribution in [3.05, 3.63) is 0 Å². The summed E-state index contributed by atoms with van der Waals surface area (Å²) in [5.74, 6) is -1.05. The fraction of sp³-hybridized carbons (Fsp3) is 0. The molecule has 0 amide bonds. The first kappa shape index (κ1) is 5.97. The van der Waals surface area contributed by atoms with Gasteiger partial charge < -0.3 is 10.8 Å². The van der Waals surface area contributed by atoms with Crippen LogP contribution in [-0.2, 0) is 0 Å². The first-order chi connectivity index (χ1) is 2.64. The summed E-state index contributed by atoms with van der Waals surface area (Å²) in [5, 5.41) is 7.82. The van der Waals surface area contributed by atoms with Crippen LogP contribution in [0.1, 0.15) is 0 Å². The maximum atomic E-state index is 9.53. The van der Waals surface area contributed by atoms with Gasteiger partial charge in [-0.25, -0.2) is 0 Å². The van der Waals surface area contributed by atoms with Gasteiger partial charge in [0, 0.05) is 0 Å². The minimum Gasteiger partial charge on any atom is -0.487 e. The van der Waals surface area contributed by atoms with E-state index in [4.69, 9.17) is 10.8 Å². The van der Waals surface area contributed by atoms with E-state index in [-0.39, 0.29) is 0 Å². The van der Waals surface area contributed by atoms with Gasteiger partial charge in [-0.1, -0.05) is 0 Å². The lowest BCUT2D eigenvalue weighted by molar-refractivity contribution is 0.219. The molecule has 6 heavy (non-hydrogen) atoms. The van der Waals surface area contributed by atoms with Crippen LogP contribution < -0.4 is 5.64 Å². The summed E-state index contributed by atoms with van der Waals surface area (Å²) in [5.41, 5.74) is 3.83. The van der Waals surface area contributed by atoms with Gasteiger partial charge in [-0.15, -0.1) is 15.8 Å². The molecule has 0 radical (unpaired) electrons. The first-order valence-electron chi connectivity index (χ1n) is 1.27. The number of hydrogen-bond donors (Lipinski definition) is 2. The molecule has 0 atom stereocenters. The molecular weight excluding hydrogens is 149 g/mol. The third kappa shape index (κ3) is 2.23. The number of halogens is 1. The molecule has 0 spiro atoms. The van der Waals surface area contributed by atoms with Gasteiger partial charge in [-0.2, -0.15) is 0 Å². The molecule has 0 aromatic carbocycles. The summed E-state index contributed by atoms with van der Waals surface area (Å²) in [6.07, 6.45) is 0. The zero-order valence-corrected chi connectivity index (χ0v) is 4.47. The van der Waals surface area contributed by atoms with Gasteiger partial charge in [-0.3, -0.25) is 4.79 Å². The lowest BCUT2D eigenvalue weighted by atomic mass is 9.99. The Labute approximate surface area is 43.6 Å². The molecule has 0 saturated heterocycles. The van der Waals surface area contributed by atoms with E-state index in [2.05, 4.69) is 15.8 Å². The highest BCUT2D eigenvalue weighted by Gasteiger charge is 2.11. The molecular formula is CH3BBrNO2. The van der Waals surface area contributed by atoms with Gasteiger partial charge in [0.15, 0.2) is 0 Å². The van der Waals surface area contributed by atoms with Gasteiger partial charge >= 0.3 is 5.67 Å². The summed E-state index contributed by atoms with van der Waals surface area (Å²) in [6, 6.07) is 0. The molecule has 0 fully saturated rings. The van der Waals surface area contributed by atoms with Gasteiger partial charge in [0.1, 0.15) is 0 Å². The Balaban J connectivity index is 3.26. The summed E-state index contributed by atoms with van der Waals surface area (Å²) in [4.78, 5) is 9.53. The molecule has 3 nitrogen and oxygen atoms in total. The molecule has 0 aliphatic rings. The molecule has 0 aromatic heterocycles. The van der Waals surface area contributed by atoms with E-state index in [1.54, 1.807) is 0 Å². The van der Waals surface area contributed by atoms with Crippen molar-refractivity contribution < 1.29 is 9.90 Å². The Hall–Kier alpha value is -0.0251. The number of carbonyl (C=O) groups is 1. The Bertz CT molecular complexity index is 64.6. The quantitative estimate of drug-likeness (QED) is 0.523. The summed E-state index contributed by atoms with van der Waals surface area (Å²) < 4.78 is 0. The van der Waals surface area contributed by atoms with Gasteiger partial charge in [-0.05, 0) is 0 Å². The van der Waals surface area contributed by atoms with E-state index in [0.717, 1.165) is 0 Å². The minimum atomic E-state index is -1.05. The number of hydrogen-bond acceptors (Lipinski definition) is 2. The monoisotopic (exact) mass is 151 g/mol. The Kier molecular flexibility index (Phi) is 2.19. The summed E-state index contributed by atoms with van der Waals surface area (Å²) in [7, 11) is 0. The van der Waals surface area contributed by atoms with Crippen molar-refractivity contribution in [3.8, 4) is 0 Å². The maximum absolute atomic E-state index is 9.53. The molecule has 0 heterocycles. The van der Waals surface area contributed by atoms with Crippen LogP contribution in [-0.4, -0.2) is 16.6 Å². The number of rotatable bonds is 1. The van der Waals surface area contributed by atoms with E-state index in [1.807, 2.05) is 0 Å². The fourth-order valence-corrected chi connectivity index (χ4v) is 0. The first-order valence-corrected chi connectivity index (χ1v) is 2.18. The van der Waals surface area contributed by atoms with Crippen molar-refractivity contribution in [3.63, 3.8) is 0 Å².